The van der Waals surface area contributed by atoms with Gasteiger partial charge in [0.15, 0.2) is 10.9 Å². The molecule has 1 aromatic carbocycles. The molecule has 0 fully saturated rings. The molecule has 1 N–H and O–H groups in total. The van der Waals surface area contributed by atoms with Crippen LogP contribution in [0.15, 0.2) is 34.2 Å². The van der Waals surface area contributed by atoms with Gasteiger partial charge < -0.3 is 0 Å². The van der Waals surface area contributed by atoms with Crippen LogP contribution in [-0.2, 0) is 7.05 Å². The van der Waals surface area contributed by atoms with Crippen LogP contribution in [0.4, 0.5) is 0 Å². The van der Waals surface area contributed by atoms with E-state index in [9.17, 15) is 9.59 Å². The van der Waals surface area contributed by atoms with Gasteiger partial charge in [-0.05, 0) is 12.5 Å². The van der Waals surface area contributed by atoms with Gasteiger partial charge in [-0.2, -0.15) is 0 Å². The summed E-state index contributed by atoms with van der Waals surface area (Å²) < 4.78 is 1.38. The first kappa shape index (κ1) is 12.6. The summed E-state index contributed by atoms with van der Waals surface area (Å²) in [7, 11) is 1.62. The lowest BCUT2D eigenvalue weighted by Crippen LogP contribution is -2.13. The zero-order valence-corrected chi connectivity index (χ0v) is 11.0. The zero-order chi connectivity index (χ0) is 13.1. The van der Waals surface area contributed by atoms with Crippen LogP contribution in [0.1, 0.15) is 15.9 Å². The molecule has 0 spiro atoms. The van der Waals surface area contributed by atoms with Crippen molar-refractivity contribution < 1.29 is 4.79 Å². The first-order valence-corrected chi connectivity index (χ1v) is 6.41. The SMILES string of the molecule is Cc1ccccc1C(=O)CSc1n[nH]c(=O)n1C. The Bertz CT molecular complexity index is 630. The topological polar surface area (TPSA) is 67.8 Å². The predicted molar refractivity (Wildman–Crippen MR) is 70.1 cm³/mol. The number of benzene rings is 1. The number of nitrogens with one attached hydrogen (secondary N) is 1. The van der Waals surface area contributed by atoms with E-state index in [4.69, 9.17) is 0 Å². The molecule has 2 aromatic rings. The van der Waals surface area contributed by atoms with Gasteiger partial charge in [0.25, 0.3) is 0 Å². The van der Waals surface area contributed by atoms with Crippen LogP contribution in [0.3, 0.4) is 0 Å². The van der Waals surface area contributed by atoms with E-state index < -0.39 is 0 Å². The average Bonchev–Trinajstić information content (AvgIpc) is 2.68. The van der Waals surface area contributed by atoms with E-state index in [-0.39, 0.29) is 17.2 Å². The van der Waals surface area contributed by atoms with E-state index in [0.717, 1.165) is 5.56 Å². The third kappa shape index (κ3) is 2.53. The minimum Gasteiger partial charge on any atom is -0.293 e. The lowest BCUT2D eigenvalue weighted by molar-refractivity contribution is 0.102. The number of hydrogen-bond donors (Lipinski definition) is 1. The van der Waals surface area contributed by atoms with Gasteiger partial charge in [0.2, 0.25) is 0 Å². The average molecular weight is 263 g/mol. The first-order valence-electron chi connectivity index (χ1n) is 5.42. The van der Waals surface area contributed by atoms with Gasteiger partial charge in [-0.3, -0.25) is 9.36 Å². The number of H-pyrrole nitrogens is 1. The van der Waals surface area contributed by atoms with Crippen LogP contribution in [0.5, 0.6) is 0 Å². The van der Waals surface area contributed by atoms with E-state index in [2.05, 4.69) is 10.2 Å². The molecule has 6 heteroatoms. The number of rotatable bonds is 4. The maximum Gasteiger partial charge on any atom is 0.343 e. The zero-order valence-electron chi connectivity index (χ0n) is 10.1. The molecule has 18 heavy (non-hydrogen) atoms. The molecule has 0 aliphatic rings. The van der Waals surface area contributed by atoms with Gasteiger partial charge in [-0.1, -0.05) is 36.0 Å². The molecule has 0 unspecified atom stereocenters. The van der Waals surface area contributed by atoms with Gasteiger partial charge >= 0.3 is 5.69 Å². The predicted octanol–water partition coefficient (Wildman–Crippen LogP) is 1.39. The molecule has 5 nitrogen and oxygen atoms in total. The second-order valence-electron chi connectivity index (χ2n) is 3.90. The van der Waals surface area contributed by atoms with Gasteiger partial charge in [-0.25, -0.2) is 9.89 Å². The van der Waals surface area contributed by atoms with Gasteiger partial charge in [-0.15, -0.1) is 5.10 Å². The van der Waals surface area contributed by atoms with Crippen molar-refractivity contribution in [3.05, 3.63) is 45.9 Å². The molecule has 94 valence electrons. The minimum atomic E-state index is -0.277. The molecule has 0 radical (unpaired) electrons. The Morgan fingerprint density at radius 1 is 1.44 bits per heavy atom. The Balaban J connectivity index is 2.08. The maximum absolute atomic E-state index is 12.0. The van der Waals surface area contributed by atoms with Crippen LogP contribution >= 0.6 is 11.8 Å². The monoisotopic (exact) mass is 263 g/mol. The minimum absolute atomic E-state index is 0.0357. The molecule has 0 atom stereocenters. The van der Waals surface area contributed by atoms with Crippen molar-refractivity contribution in [2.75, 3.05) is 5.75 Å². The number of carbonyl (C=O) groups is 1. The molecule has 1 aromatic heterocycles. The van der Waals surface area contributed by atoms with Crippen molar-refractivity contribution in [1.82, 2.24) is 14.8 Å². The number of ketones is 1. The van der Waals surface area contributed by atoms with E-state index >= 15 is 0 Å². The van der Waals surface area contributed by atoms with Crippen LogP contribution in [0.25, 0.3) is 0 Å². The van der Waals surface area contributed by atoms with E-state index in [0.29, 0.717) is 10.7 Å². The fourth-order valence-electron chi connectivity index (χ4n) is 1.56. The van der Waals surface area contributed by atoms with Crippen molar-refractivity contribution in [2.24, 2.45) is 7.05 Å². The Kier molecular flexibility index (Phi) is 3.66. The van der Waals surface area contributed by atoms with Crippen LogP contribution in [0, 0.1) is 6.92 Å². The van der Waals surface area contributed by atoms with Gasteiger partial charge in [0.05, 0.1) is 5.75 Å². The summed E-state index contributed by atoms with van der Waals surface area (Å²) in [5.41, 5.74) is 1.39. The van der Waals surface area contributed by atoms with Crippen molar-refractivity contribution in [3.63, 3.8) is 0 Å². The Hall–Kier alpha value is -1.82. The van der Waals surface area contributed by atoms with Crippen LogP contribution in [-0.4, -0.2) is 26.3 Å². The number of nitrogens with zero attached hydrogens (tertiary/aromatic N) is 2. The molecule has 0 aliphatic carbocycles. The van der Waals surface area contributed by atoms with Gasteiger partial charge in [0, 0.05) is 12.6 Å². The molecule has 0 bridgehead atoms. The molecule has 0 saturated carbocycles. The highest BCUT2D eigenvalue weighted by atomic mass is 32.2. The fourth-order valence-corrected chi connectivity index (χ4v) is 2.36. The molecule has 0 saturated heterocycles. The first-order chi connectivity index (χ1) is 8.59. The number of thioether (sulfide) groups is 1. The summed E-state index contributed by atoms with van der Waals surface area (Å²) in [6, 6.07) is 7.45. The summed E-state index contributed by atoms with van der Waals surface area (Å²) in [6.45, 7) is 1.90. The highest BCUT2D eigenvalue weighted by Gasteiger charge is 2.11. The van der Waals surface area contributed by atoms with Gasteiger partial charge in [0.1, 0.15) is 0 Å². The molecular weight excluding hydrogens is 250 g/mol. The smallest absolute Gasteiger partial charge is 0.293 e. The lowest BCUT2D eigenvalue weighted by Gasteiger charge is -2.03. The highest BCUT2D eigenvalue weighted by Crippen LogP contribution is 2.16. The lowest BCUT2D eigenvalue weighted by atomic mass is 10.1. The summed E-state index contributed by atoms with van der Waals surface area (Å²) in [5.74, 6) is 0.303. The number of Topliss-reactive ketones (excluding diaryl/α,β-unsaturated/α-hetero) is 1. The number of aryl methyl sites for hydroxylation is 1. The van der Waals surface area contributed by atoms with E-state index in [1.165, 1.54) is 16.3 Å². The van der Waals surface area contributed by atoms with E-state index in [1.54, 1.807) is 7.05 Å². The largest absolute Gasteiger partial charge is 0.343 e. The number of hydrogen-bond acceptors (Lipinski definition) is 4. The Labute approximate surface area is 108 Å². The molecule has 0 aliphatic heterocycles. The molecule has 0 amide bonds. The normalized spacial score (nSPS) is 10.6. The van der Waals surface area contributed by atoms with Crippen molar-refractivity contribution in [1.29, 1.82) is 0 Å². The third-order valence-corrected chi connectivity index (χ3v) is 3.65. The molecule has 1 heterocycles. The summed E-state index contributed by atoms with van der Waals surface area (Å²) in [4.78, 5) is 23.2. The maximum atomic E-state index is 12.0. The standard InChI is InChI=1S/C12H13N3O2S/c1-8-5-3-4-6-9(8)10(16)7-18-12-14-13-11(17)15(12)2/h3-6H,7H2,1-2H3,(H,13,17). The number of aromatic amines is 1. The van der Waals surface area contributed by atoms with Crippen molar-refractivity contribution in [3.8, 4) is 0 Å². The summed E-state index contributed by atoms with van der Waals surface area (Å²) >= 11 is 1.25. The van der Waals surface area contributed by atoms with E-state index in [1.807, 2.05) is 31.2 Å². The number of carbonyl (C=O) groups excluding carboxylic acids is 1. The second kappa shape index (κ2) is 5.22. The molecular formula is C12H13N3O2S. The van der Waals surface area contributed by atoms with Crippen molar-refractivity contribution >= 4 is 17.5 Å². The van der Waals surface area contributed by atoms with Crippen LogP contribution in [0.2, 0.25) is 0 Å². The van der Waals surface area contributed by atoms with Crippen molar-refractivity contribution in [2.45, 2.75) is 12.1 Å². The Morgan fingerprint density at radius 3 is 2.78 bits per heavy atom. The Morgan fingerprint density at radius 2 is 2.17 bits per heavy atom. The second-order valence-corrected chi connectivity index (χ2v) is 4.84. The summed E-state index contributed by atoms with van der Waals surface area (Å²) in [6.07, 6.45) is 0. The fraction of sp³-hybridized carbons (Fsp3) is 0.250. The molecule has 2 rings (SSSR count). The number of aromatic nitrogens is 3. The summed E-state index contributed by atoms with van der Waals surface area (Å²) in [5, 5.41) is 6.69. The third-order valence-electron chi connectivity index (χ3n) is 2.62. The highest BCUT2D eigenvalue weighted by molar-refractivity contribution is 7.99. The van der Waals surface area contributed by atoms with Crippen LogP contribution < -0.4 is 5.69 Å². The quantitative estimate of drug-likeness (QED) is 0.668.